The highest BCUT2D eigenvalue weighted by Gasteiger charge is 2.42. The fourth-order valence-corrected chi connectivity index (χ4v) is 3.26. The zero-order valence-electron chi connectivity index (χ0n) is 10.8. The third kappa shape index (κ3) is 1.76. The highest BCUT2D eigenvalue weighted by Crippen LogP contribution is 2.39. The van der Waals surface area contributed by atoms with Crippen molar-refractivity contribution in [1.82, 2.24) is 15.5 Å². The van der Waals surface area contributed by atoms with Crippen molar-refractivity contribution < 1.29 is 14.7 Å². The first-order chi connectivity index (χ1) is 9.70. The molecule has 0 saturated carbocycles. The van der Waals surface area contributed by atoms with Crippen LogP contribution in [0.5, 0.6) is 11.5 Å². The van der Waals surface area contributed by atoms with Gasteiger partial charge in [-0.2, -0.15) is 4.98 Å². The Morgan fingerprint density at radius 1 is 1.20 bits per heavy atom. The Kier molecular flexibility index (Phi) is 2.47. The second-order valence-corrected chi connectivity index (χ2v) is 5.55. The summed E-state index contributed by atoms with van der Waals surface area (Å²) in [7, 11) is 0. The molecule has 20 heavy (non-hydrogen) atoms. The minimum absolute atomic E-state index is 0.158. The largest absolute Gasteiger partial charge is 0.504 e. The molecule has 0 radical (unpaired) electrons. The van der Waals surface area contributed by atoms with Crippen LogP contribution in [0.2, 0.25) is 0 Å². The molecule has 2 aromatic rings. The van der Waals surface area contributed by atoms with Gasteiger partial charge in [0.1, 0.15) is 0 Å². The maximum atomic E-state index is 9.52. The van der Waals surface area contributed by atoms with Gasteiger partial charge in [-0.05, 0) is 37.5 Å². The molecule has 2 aliphatic heterocycles. The summed E-state index contributed by atoms with van der Waals surface area (Å²) in [5, 5.41) is 26.4. The molecule has 3 heterocycles. The SMILES string of the molecule is Oc1ccc(-c2noc(C3CC4CCC3N4)n2)cc1O. The van der Waals surface area contributed by atoms with E-state index in [2.05, 4.69) is 15.5 Å². The van der Waals surface area contributed by atoms with Crippen LogP contribution in [0.3, 0.4) is 0 Å². The van der Waals surface area contributed by atoms with E-state index in [1.807, 2.05) is 0 Å². The third-order valence-electron chi connectivity index (χ3n) is 4.29. The first-order valence-corrected chi connectivity index (χ1v) is 6.83. The van der Waals surface area contributed by atoms with E-state index in [4.69, 9.17) is 4.52 Å². The predicted molar refractivity (Wildman–Crippen MR) is 70.4 cm³/mol. The van der Waals surface area contributed by atoms with Crippen LogP contribution in [0.15, 0.2) is 22.7 Å². The smallest absolute Gasteiger partial charge is 0.231 e. The van der Waals surface area contributed by atoms with Crippen LogP contribution in [-0.4, -0.2) is 32.4 Å². The lowest BCUT2D eigenvalue weighted by atomic mass is 9.89. The average Bonchev–Trinajstić information content (AvgIpc) is 3.16. The van der Waals surface area contributed by atoms with Gasteiger partial charge >= 0.3 is 0 Å². The van der Waals surface area contributed by atoms with Crippen LogP contribution in [0.25, 0.3) is 11.4 Å². The molecule has 2 bridgehead atoms. The number of aromatic hydroxyl groups is 2. The number of aromatic nitrogens is 2. The van der Waals surface area contributed by atoms with Crippen LogP contribution >= 0.6 is 0 Å². The normalized spacial score (nSPS) is 28.1. The fourth-order valence-electron chi connectivity index (χ4n) is 3.26. The van der Waals surface area contributed by atoms with Gasteiger partial charge in [0.05, 0.1) is 5.92 Å². The monoisotopic (exact) mass is 273 g/mol. The molecule has 2 fully saturated rings. The summed E-state index contributed by atoms with van der Waals surface area (Å²) in [5.74, 6) is 1.05. The molecule has 1 aromatic carbocycles. The minimum Gasteiger partial charge on any atom is -0.504 e. The molecule has 0 amide bonds. The van der Waals surface area contributed by atoms with Crippen LogP contribution in [-0.2, 0) is 0 Å². The van der Waals surface area contributed by atoms with E-state index in [0.717, 1.165) is 12.8 Å². The van der Waals surface area contributed by atoms with Gasteiger partial charge in [-0.15, -0.1) is 0 Å². The van der Waals surface area contributed by atoms with Crippen molar-refractivity contribution >= 4 is 0 Å². The zero-order chi connectivity index (χ0) is 13.7. The van der Waals surface area contributed by atoms with E-state index in [-0.39, 0.29) is 11.5 Å². The molecule has 2 aliphatic rings. The summed E-state index contributed by atoms with van der Waals surface area (Å²) in [6.07, 6.45) is 3.44. The van der Waals surface area contributed by atoms with E-state index in [1.54, 1.807) is 6.07 Å². The summed E-state index contributed by atoms with van der Waals surface area (Å²) in [5.41, 5.74) is 0.631. The van der Waals surface area contributed by atoms with E-state index in [0.29, 0.717) is 35.3 Å². The standard InChI is InChI=1S/C14H15N3O3/c18-11-4-1-7(5-12(11)19)13-16-14(20-17-13)9-6-8-2-3-10(9)15-8/h1,4-5,8-10,15,18-19H,2-3,6H2. The first kappa shape index (κ1) is 11.7. The second-order valence-electron chi connectivity index (χ2n) is 5.55. The minimum atomic E-state index is -0.185. The summed E-state index contributed by atoms with van der Waals surface area (Å²) < 4.78 is 5.38. The van der Waals surface area contributed by atoms with E-state index in [1.165, 1.54) is 18.6 Å². The maximum Gasteiger partial charge on any atom is 0.231 e. The van der Waals surface area contributed by atoms with Crippen molar-refractivity contribution in [2.75, 3.05) is 0 Å². The van der Waals surface area contributed by atoms with Gasteiger partial charge < -0.3 is 20.1 Å². The van der Waals surface area contributed by atoms with Crippen molar-refractivity contribution in [2.45, 2.75) is 37.3 Å². The molecule has 6 nitrogen and oxygen atoms in total. The molecule has 2 saturated heterocycles. The van der Waals surface area contributed by atoms with Gasteiger partial charge in [-0.25, -0.2) is 0 Å². The van der Waals surface area contributed by atoms with Crippen molar-refractivity contribution in [1.29, 1.82) is 0 Å². The van der Waals surface area contributed by atoms with Crippen molar-refractivity contribution in [3.05, 3.63) is 24.1 Å². The molecule has 3 atom stereocenters. The Hall–Kier alpha value is -2.08. The molecular weight excluding hydrogens is 258 g/mol. The van der Waals surface area contributed by atoms with Crippen LogP contribution in [0.4, 0.5) is 0 Å². The first-order valence-electron chi connectivity index (χ1n) is 6.83. The Bertz CT molecular complexity index is 655. The van der Waals surface area contributed by atoms with Gasteiger partial charge in [0.15, 0.2) is 11.5 Å². The maximum absolute atomic E-state index is 9.52. The summed E-state index contributed by atoms with van der Waals surface area (Å²) in [4.78, 5) is 4.44. The van der Waals surface area contributed by atoms with Gasteiger partial charge in [-0.1, -0.05) is 5.16 Å². The summed E-state index contributed by atoms with van der Waals surface area (Å²) in [6, 6.07) is 5.53. The van der Waals surface area contributed by atoms with E-state index < -0.39 is 0 Å². The number of nitrogens with one attached hydrogen (secondary N) is 1. The lowest BCUT2D eigenvalue weighted by Crippen LogP contribution is -2.21. The number of hydrogen-bond donors (Lipinski definition) is 3. The molecule has 0 aliphatic carbocycles. The van der Waals surface area contributed by atoms with E-state index in [9.17, 15) is 10.2 Å². The third-order valence-corrected chi connectivity index (χ3v) is 4.29. The summed E-state index contributed by atoms with van der Waals surface area (Å²) >= 11 is 0. The van der Waals surface area contributed by atoms with Crippen LogP contribution in [0, 0.1) is 0 Å². The Labute approximate surface area is 115 Å². The number of nitrogens with zero attached hydrogens (tertiary/aromatic N) is 2. The molecule has 104 valence electrons. The Balaban J connectivity index is 1.63. The Morgan fingerprint density at radius 2 is 2.10 bits per heavy atom. The number of benzene rings is 1. The zero-order valence-corrected chi connectivity index (χ0v) is 10.8. The van der Waals surface area contributed by atoms with Crippen LogP contribution < -0.4 is 5.32 Å². The summed E-state index contributed by atoms with van der Waals surface area (Å²) in [6.45, 7) is 0. The fraction of sp³-hybridized carbons (Fsp3) is 0.429. The van der Waals surface area contributed by atoms with Crippen molar-refractivity contribution in [3.63, 3.8) is 0 Å². The highest BCUT2D eigenvalue weighted by atomic mass is 16.5. The lowest BCUT2D eigenvalue weighted by Gasteiger charge is -2.15. The average molecular weight is 273 g/mol. The molecular formula is C14H15N3O3. The van der Waals surface area contributed by atoms with Crippen molar-refractivity contribution in [3.8, 4) is 22.9 Å². The van der Waals surface area contributed by atoms with Gasteiger partial charge in [-0.3, -0.25) is 0 Å². The van der Waals surface area contributed by atoms with E-state index >= 15 is 0 Å². The van der Waals surface area contributed by atoms with Gasteiger partial charge in [0.2, 0.25) is 11.7 Å². The molecule has 3 unspecified atom stereocenters. The molecule has 3 N–H and O–H groups in total. The topological polar surface area (TPSA) is 91.4 Å². The quantitative estimate of drug-likeness (QED) is 0.722. The highest BCUT2D eigenvalue weighted by molar-refractivity contribution is 5.60. The van der Waals surface area contributed by atoms with Gasteiger partial charge in [0, 0.05) is 17.6 Å². The molecule has 0 spiro atoms. The number of phenolic OH excluding ortho intramolecular Hbond substituents is 2. The van der Waals surface area contributed by atoms with Crippen LogP contribution in [0.1, 0.15) is 31.1 Å². The Morgan fingerprint density at radius 3 is 2.80 bits per heavy atom. The number of rotatable bonds is 2. The number of fused-ring (bicyclic) bond motifs is 2. The number of phenols is 2. The lowest BCUT2D eigenvalue weighted by molar-refractivity contribution is 0.329. The number of hydrogen-bond acceptors (Lipinski definition) is 6. The van der Waals surface area contributed by atoms with Crippen molar-refractivity contribution in [2.24, 2.45) is 0 Å². The molecule has 1 aromatic heterocycles. The van der Waals surface area contributed by atoms with Gasteiger partial charge in [0.25, 0.3) is 0 Å². The molecule has 6 heteroatoms. The predicted octanol–water partition coefficient (Wildman–Crippen LogP) is 1.76. The second kappa shape index (κ2) is 4.21. The molecule has 4 rings (SSSR count).